The Morgan fingerprint density at radius 2 is 1.88 bits per heavy atom. The molecule has 0 unspecified atom stereocenters. The molecule has 0 spiro atoms. The van der Waals surface area contributed by atoms with Gasteiger partial charge in [-0.15, -0.1) is 0 Å². The van der Waals surface area contributed by atoms with Gasteiger partial charge in [-0.1, -0.05) is 0 Å². The zero-order chi connectivity index (χ0) is 6.20. The van der Waals surface area contributed by atoms with E-state index in [2.05, 4.69) is 19.5 Å². The van der Waals surface area contributed by atoms with Crippen LogP contribution >= 0.6 is 0 Å². The van der Waals surface area contributed by atoms with Crippen LogP contribution < -0.4 is 5.43 Å². The lowest BCUT2D eigenvalue weighted by atomic mass is 10.6. The van der Waals surface area contributed by atoms with E-state index in [0.717, 1.165) is 10.6 Å². The van der Waals surface area contributed by atoms with Gasteiger partial charge in [0, 0.05) is 19.9 Å². The number of rotatable bonds is 2. The molecular formula is C6H15N2+. The molecule has 0 radical (unpaired) electrons. The molecule has 48 valence electrons. The van der Waals surface area contributed by atoms with Crippen LogP contribution in [0.4, 0.5) is 0 Å². The Balaban J connectivity index is 2.37. The molecule has 2 heteroatoms. The Bertz CT molecular complexity index is 84.5. The molecular weight excluding hydrogens is 100 g/mol. The van der Waals surface area contributed by atoms with Gasteiger partial charge in [-0.3, -0.25) is 0 Å². The molecule has 0 amide bonds. The zero-order valence-electron chi connectivity index (χ0n) is 5.94. The summed E-state index contributed by atoms with van der Waals surface area (Å²) in [6, 6.07) is 0.889. The number of hydrogen-bond acceptors (Lipinski definition) is 1. The molecule has 0 aromatic carbocycles. The standard InChI is InChI=1S/C6H15N2/c1-7-8(2,3)6-4-5-6/h6-7H,4-5H2,1-3H3/q+1. The second-order valence-corrected chi connectivity index (χ2v) is 2.99. The van der Waals surface area contributed by atoms with Gasteiger partial charge in [-0.05, 0) is 0 Å². The maximum Gasteiger partial charge on any atom is 0.106 e. The normalized spacial score (nSPS) is 21.4. The van der Waals surface area contributed by atoms with Crippen LogP contribution in [-0.4, -0.2) is 31.8 Å². The van der Waals surface area contributed by atoms with Crippen molar-refractivity contribution in [3.63, 3.8) is 0 Å². The molecule has 0 bridgehead atoms. The molecule has 0 aromatic rings. The fraction of sp³-hybridized carbons (Fsp3) is 1.00. The van der Waals surface area contributed by atoms with Crippen molar-refractivity contribution in [1.82, 2.24) is 5.43 Å². The predicted molar refractivity (Wildman–Crippen MR) is 34.2 cm³/mol. The third kappa shape index (κ3) is 1.01. The van der Waals surface area contributed by atoms with E-state index in [4.69, 9.17) is 0 Å². The van der Waals surface area contributed by atoms with Gasteiger partial charge >= 0.3 is 0 Å². The Morgan fingerprint density at radius 1 is 1.38 bits per heavy atom. The second-order valence-electron chi connectivity index (χ2n) is 2.99. The minimum absolute atomic E-state index is 0.889. The molecule has 8 heavy (non-hydrogen) atoms. The number of quaternary nitrogens is 1. The van der Waals surface area contributed by atoms with E-state index < -0.39 is 0 Å². The summed E-state index contributed by atoms with van der Waals surface area (Å²) in [5, 5.41) is 0. The molecule has 1 saturated carbocycles. The lowest BCUT2D eigenvalue weighted by Crippen LogP contribution is -2.51. The highest BCUT2D eigenvalue weighted by Gasteiger charge is 2.37. The van der Waals surface area contributed by atoms with Gasteiger partial charge in [0.05, 0.1) is 14.1 Å². The van der Waals surface area contributed by atoms with Crippen molar-refractivity contribution in [3.8, 4) is 0 Å². The maximum atomic E-state index is 3.24. The third-order valence-electron chi connectivity index (χ3n) is 2.04. The third-order valence-corrected chi connectivity index (χ3v) is 2.04. The number of nitrogens with one attached hydrogen (secondary N) is 1. The van der Waals surface area contributed by atoms with Gasteiger partial charge in [0.25, 0.3) is 0 Å². The molecule has 2 nitrogen and oxygen atoms in total. The number of nitrogens with zero attached hydrogens (tertiary/aromatic N) is 1. The maximum absolute atomic E-state index is 3.24. The smallest absolute Gasteiger partial charge is 0.106 e. The van der Waals surface area contributed by atoms with Crippen LogP contribution in [0.2, 0.25) is 0 Å². The highest BCUT2D eigenvalue weighted by atomic mass is 15.6. The summed E-state index contributed by atoms with van der Waals surface area (Å²) >= 11 is 0. The van der Waals surface area contributed by atoms with Gasteiger partial charge in [0.2, 0.25) is 0 Å². The fourth-order valence-corrected chi connectivity index (χ4v) is 0.903. The Kier molecular flexibility index (Phi) is 1.29. The first kappa shape index (κ1) is 6.05. The van der Waals surface area contributed by atoms with Crippen LogP contribution in [0.5, 0.6) is 0 Å². The predicted octanol–water partition coefficient (Wildman–Crippen LogP) is 0.360. The Morgan fingerprint density at radius 3 is 2.00 bits per heavy atom. The first-order chi connectivity index (χ1) is 3.67. The van der Waals surface area contributed by atoms with Crippen LogP contribution in [0, 0.1) is 0 Å². The SMILES string of the molecule is CN[N+](C)(C)C1CC1. The molecule has 1 aliphatic carbocycles. The van der Waals surface area contributed by atoms with E-state index in [1.807, 2.05) is 7.05 Å². The molecule has 1 rings (SSSR count). The summed E-state index contributed by atoms with van der Waals surface area (Å²) in [6.07, 6.45) is 2.79. The molecule has 0 aliphatic heterocycles. The molecule has 0 atom stereocenters. The van der Waals surface area contributed by atoms with E-state index in [1.54, 1.807) is 0 Å². The van der Waals surface area contributed by atoms with Crippen molar-refractivity contribution in [1.29, 1.82) is 0 Å². The second kappa shape index (κ2) is 1.71. The van der Waals surface area contributed by atoms with Crippen LogP contribution in [-0.2, 0) is 0 Å². The van der Waals surface area contributed by atoms with Crippen molar-refractivity contribution >= 4 is 0 Å². The van der Waals surface area contributed by atoms with Crippen molar-refractivity contribution in [2.75, 3.05) is 21.1 Å². The Hall–Kier alpha value is -0.0800. The van der Waals surface area contributed by atoms with Crippen molar-refractivity contribution in [3.05, 3.63) is 0 Å². The van der Waals surface area contributed by atoms with Gasteiger partial charge in [0.15, 0.2) is 0 Å². The Labute approximate surface area is 51.0 Å². The summed E-state index contributed by atoms with van der Waals surface area (Å²) in [5.41, 5.74) is 3.24. The minimum atomic E-state index is 0.889. The first-order valence-corrected chi connectivity index (χ1v) is 3.19. The van der Waals surface area contributed by atoms with Gasteiger partial charge in [0.1, 0.15) is 6.04 Å². The lowest BCUT2D eigenvalue weighted by Gasteiger charge is -2.27. The molecule has 1 aliphatic rings. The molecule has 1 N–H and O–H groups in total. The summed E-state index contributed by atoms with van der Waals surface area (Å²) in [7, 11) is 6.42. The van der Waals surface area contributed by atoms with E-state index >= 15 is 0 Å². The largest absolute Gasteiger partial charge is 0.248 e. The zero-order valence-corrected chi connectivity index (χ0v) is 5.94. The fourth-order valence-electron chi connectivity index (χ4n) is 0.903. The molecule has 0 aromatic heterocycles. The summed E-state index contributed by atoms with van der Waals surface area (Å²) in [4.78, 5) is 0. The first-order valence-electron chi connectivity index (χ1n) is 3.19. The van der Waals surface area contributed by atoms with Gasteiger partial charge in [-0.25, -0.2) is 4.59 Å². The molecule has 0 saturated heterocycles. The highest BCUT2D eigenvalue weighted by molar-refractivity contribution is 4.72. The van der Waals surface area contributed by atoms with E-state index in [0.29, 0.717) is 0 Å². The monoisotopic (exact) mass is 115 g/mol. The van der Waals surface area contributed by atoms with E-state index in [1.165, 1.54) is 12.8 Å². The highest BCUT2D eigenvalue weighted by Crippen LogP contribution is 2.28. The molecule has 0 heterocycles. The van der Waals surface area contributed by atoms with Crippen molar-refractivity contribution in [2.45, 2.75) is 18.9 Å². The van der Waals surface area contributed by atoms with Crippen LogP contribution in [0.1, 0.15) is 12.8 Å². The van der Waals surface area contributed by atoms with Gasteiger partial charge < -0.3 is 0 Å². The topological polar surface area (TPSA) is 12.0 Å². The van der Waals surface area contributed by atoms with Crippen LogP contribution in [0.3, 0.4) is 0 Å². The van der Waals surface area contributed by atoms with Crippen LogP contribution in [0.15, 0.2) is 0 Å². The lowest BCUT2D eigenvalue weighted by molar-refractivity contribution is -0.942. The van der Waals surface area contributed by atoms with Crippen LogP contribution in [0.25, 0.3) is 0 Å². The minimum Gasteiger partial charge on any atom is -0.248 e. The quantitative estimate of drug-likeness (QED) is 0.405. The summed E-state index contributed by atoms with van der Waals surface area (Å²) in [5.74, 6) is 0. The van der Waals surface area contributed by atoms with E-state index in [9.17, 15) is 0 Å². The van der Waals surface area contributed by atoms with Crippen molar-refractivity contribution < 1.29 is 4.59 Å². The summed E-state index contributed by atoms with van der Waals surface area (Å²) in [6.45, 7) is 0. The summed E-state index contributed by atoms with van der Waals surface area (Å²) < 4.78 is 0.986. The van der Waals surface area contributed by atoms with Crippen molar-refractivity contribution in [2.24, 2.45) is 0 Å². The molecule has 1 fully saturated rings. The average molecular weight is 115 g/mol. The average Bonchev–Trinajstić information content (AvgIpc) is 2.44. The number of hydrogen-bond donors (Lipinski definition) is 1. The van der Waals surface area contributed by atoms with Gasteiger partial charge in [-0.2, -0.15) is 5.43 Å². The van der Waals surface area contributed by atoms with E-state index in [-0.39, 0.29) is 0 Å².